The third-order valence-corrected chi connectivity index (χ3v) is 3.82. The van der Waals surface area contributed by atoms with E-state index in [1.165, 1.54) is 0 Å². The Kier molecular flexibility index (Phi) is 3.40. The van der Waals surface area contributed by atoms with Crippen LogP contribution >= 0.6 is 11.6 Å². The topological polar surface area (TPSA) is 69.4 Å². The number of fused-ring (bicyclic) bond motifs is 1. The van der Waals surface area contributed by atoms with Gasteiger partial charge in [0, 0.05) is 16.7 Å². The predicted molar refractivity (Wildman–Crippen MR) is 83.9 cm³/mol. The van der Waals surface area contributed by atoms with Gasteiger partial charge >= 0.3 is 0 Å². The van der Waals surface area contributed by atoms with Crippen molar-refractivity contribution < 1.29 is 14.6 Å². The van der Waals surface area contributed by atoms with Crippen LogP contribution < -0.4 is 9.47 Å². The van der Waals surface area contributed by atoms with Gasteiger partial charge in [-0.2, -0.15) is 0 Å². The molecule has 0 saturated carbocycles. The van der Waals surface area contributed by atoms with Gasteiger partial charge in [0.25, 0.3) is 0 Å². The van der Waals surface area contributed by atoms with Crippen LogP contribution in [-0.2, 0) is 6.61 Å². The normalized spacial score (nSPS) is 12.6. The van der Waals surface area contributed by atoms with Crippen LogP contribution in [0.2, 0.25) is 5.02 Å². The fourth-order valence-corrected chi connectivity index (χ4v) is 2.73. The Labute approximate surface area is 136 Å². The van der Waals surface area contributed by atoms with Gasteiger partial charge < -0.3 is 14.6 Å². The lowest BCUT2D eigenvalue weighted by molar-refractivity contribution is 0.174. The largest absolute Gasteiger partial charge is 0.454 e. The molecule has 0 amide bonds. The first-order chi connectivity index (χ1) is 11.3. The summed E-state index contributed by atoms with van der Waals surface area (Å²) in [5, 5.41) is 18.4. The van der Waals surface area contributed by atoms with E-state index in [1.54, 1.807) is 10.7 Å². The van der Waals surface area contributed by atoms with E-state index in [0.29, 0.717) is 27.9 Å². The molecule has 0 fully saturated rings. The first-order valence-electron chi connectivity index (χ1n) is 6.97. The second-order valence-corrected chi connectivity index (χ2v) is 5.44. The smallest absolute Gasteiger partial charge is 0.231 e. The van der Waals surface area contributed by atoms with Crippen LogP contribution in [0.3, 0.4) is 0 Å². The van der Waals surface area contributed by atoms with Gasteiger partial charge in [0.2, 0.25) is 6.79 Å². The van der Waals surface area contributed by atoms with Crippen LogP contribution in [0.4, 0.5) is 0 Å². The number of aliphatic hydroxyl groups excluding tert-OH is 1. The number of halogens is 1. The highest BCUT2D eigenvalue weighted by molar-refractivity contribution is 6.30. The first kappa shape index (κ1) is 14.0. The van der Waals surface area contributed by atoms with Crippen molar-refractivity contribution in [3.05, 3.63) is 53.2 Å². The van der Waals surface area contributed by atoms with Crippen molar-refractivity contribution in [2.45, 2.75) is 6.61 Å². The minimum absolute atomic E-state index is 0.208. The summed E-state index contributed by atoms with van der Waals surface area (Å²) >= 11 is 6.08. The van der Waals surface area contributed by atoms with E-state index in [0.717, 1.165) is 11.3 Å². The Balaban J connectivity index is 1.88. The van der Waals surface area contributed by atoms with E-state index in [2.05, 4.69) is 10.3 Å². The Bertz CT molecular complexity index is 879. The molecule has 0 radical (unpaired) electrons. The molecular formula is C16H12ClN3O3. The van der Waals surface area contributed by atoms with E-state index < -0.39 is 0 Å². The van der Waals surface area contributed by atoms with Gasteiger partial charge in [-0.3, -0.25) is 0 Å². The number of hydrogen-bond donors (Lipinski definition) is 1. The SMILES string of the molecule is OCc1nnn(-c2ccc3c(c2)OCO3)c1-c1cccc(Cl)c1. The molecule has 7 heteroatoms. The van der Waals surface area contributed by atoms with E-state index >= 15 is 0 Å². The standard InChI is InChI=1S/C16H12ClN3O3/c17-11-3-1-2-10(6-11)16-13(8-21)18-19-20(16)12-4-5-14-15(7-12)23-9-22-14/h1-7,21H,8-9H2. The zero-order chi connectivity index (χ0) is 15.8. The van der Waals surface area contributed by atoms with Crippen molar-refractivity contribution in [2.24, 2.45) is 0 Å². The molecule has 0 saturated heterocycles. The molecule has 0 bridgehead atoms. The lowest BCUT2D eigenvalue weighted by Crippen LogP contribution is -2.00. The summed E-state index contributed by atoms with van der Waals surface area (Å²) in [4.78, 5) is 0. The van der Waals surface area contributed by atoms with Gasteiger partial charge in [0.05, 0.1) is 12.3 Å². The third kappa shape index (κ3) is 2.42. The third-order valence-electron chi connectivity index (χ3n) is 3.59. The van der Waals surface area contributed by atoms with Gasteiger partial charge in [-0.25, -0.2) is 4.68 Å². The molecule has 4 rings (SSSR count). The highest BCUT2D eigenvalue weighted by Gasteiger charge is 2.19. The average Bonchev–Trinajstić information content (AvgIpc) is 3.20. The van der Waals surface area contributed by atoms with Crippen LogP contribution in [0.5, 0.6) is 11.5 Å². The van der Waals surface area contributed by atoms with Crippen LogP contribution in [0, 0.1) is 0 Å². The van der Waals surface area contributed by atoms with Gasteiger partial charge in [-0.1, -0.05) is 28.9 Å². The number of aliphatic hydroxyl groups is 1. The molecule has 1 aliphatic rings. The summed E-state index contributed by atoms with van der Waals surface area (Å²) in [6.07, 6.45) is 0. The fourth-order valence-electron chi connectivity index (χ4n) is 2.54. The number of hydrogen-bond acceptors (Lipinski definition) is 5. The summed E-state index contributed by atoms with van der Waals surface area (Å²) in [5.74, 6) is 1.35. The van der Waals surface area contributed by atoms with Crippen molar-refractivity contribution in [3.8, 4) is 28.4 Å². The number of benzene rings is 2. The molecule has 0 aliphatic carbocycles. The van der Waals surface area contributed by atoms with Crippen molar-refractivity contribution in [2.75, 3.05) is 6.79 Å². The summed E-state index contributed by atoms with van der Waals surface area (Å²) in [6.45, 7) is -0.00835. The van der Waals surface area contributed by atoms with Gasteiger partial charge in [0.15, 0.2) is 11.5 Å². The highest BCUT2D eigenvalue weighted by atomic mass is 35.5. The molecule has 0 spiro atoms. The molecule has 3 aromatic rings. The van der Waals surface area contributed by atoms with Crippen molar-refractivity contribution in [3.63, 3.8) is 0 Å². The number of aromatic nitrogens is 3. The van der Waals surface area contributed by atoms with E-state index in [-0.39, 0.29) is 13.4 Å². The van der Waals surface area contributed by atoms with Crippen molar-refractivity contribution in [1.82, 2.24) is 15.0 Å². The summed E-state index contributed by atoms with van der Waals surface area (Å²) in [6, 6.07) is 12.8. The van der Waals surface area contributed by atoms with E-state index in [9.17, 15) is 5.11 Å². The average molecular weight is 330 g/mol. The molecule has 6 nitrogen and oxygen atoms in total. The summed E-state index contributed by atoms with van der Waals surface area (Å²) in [7, 11) is 0. The zero-order valence-corrected chi connectivity index (χ0v) is 12.7. The molecular weight excluding hydrogens is 318 g/mol. The minimum atomic E-state index is -0.216. The van der Waals surface area contributed by atoms with Crippen LogP contribution in [0.1, 0.15) is 5.69 Å². The quantitative estimate of drug-likeness (QED) is 0.800. The second kappa shape index (κ2) is 5.57. The number of nitrogens with zero attached hydrogens (tertiary/aromatic N) is 3. The molecule has 116 valence electrons. The number of rotatable bonds is 3. The Morgan fingerprint density at radius 2 is 2.00 bits per heavy atom. The van der Waals surface area contributed by atoms with Crippen LogP contribution in [0.15, 0.2) is 42.5 Å². The molecule has 1 aromatic heterocycles. The summed E-state index contributed by atoms with van der Waals surface area (Å²) < 4.78 is 12.4. The Hall–Kier alpha value is -2.57. The maximum absolute atomic E-state index is 9.57. The monoisotopic (exact) mass is 329 g/mol. The van der Waals surface area contributed by atoms with Crippen LogP contribution in [-0.4, -0.2) is 26.9 Å². The number of ether oxygens (including phenoxy) is 2. The fraction of sp³-hybridized carbons (Fsp3) is 0.125. The lowest BCUT2D eigenvalue weighted by Gasteiger charge is -2.09. The molecule has 2 aromatic carbocycles. The predicted octanol–water partition coefficient (Wildman–Crippen LogP) is 2.81. The molecule has 2 heterocycles. The maximum atomic E-state index is 9.57. The second-order valence-electron chi connectivity index (χ2n) is 5.00. The lowest BCUT2D eigenvalue weighted by atomic mass is 10.1. The van der Waals surface area contributed by atoms with Gasteiger partial charge in [-0.05, 0) is 24.3 Å². The molecule has 0 unspecified atom stereocenters. The van der Waals surface area contributed by atoms with Crippen LogP contribution in [0.25, 0.3) is 16.9 Å². The first-order valence-corrected chi connectivity index (χ1v) is 7.35. The molecule has 0 atom stereocenters. The van der Waals surface area contributed by atoms with Gasteiger partial charge in [-0.15, -0.1) is 5.10 Å². The summed E-state index contributed by atoms with van der Waals surface area (Å²) in [5.41, 5.74) is 2.75. The molecule has 1 N–H and O–H groups in total. The van der Waals surface area contributed by atoms with E-state index in [1.807, 2.05) is 36.4 Å². The Morgan fingerprint density at radius 1 is 1.13 bits per heavy atom. The molecule has 1 aliphatic heterocycles. The van der Waals surface area contributed by atoms with Gasteiger partial charge in [0.1, 0.15) is 11.4 Å². The minimum Gasteiger partial charge on any atom is -0.454 e. The maximum Gasteiger partial charge on any atom is 0.231 e. The van der Waals surface area contributed by atoms with Crippen molar-refractivity contribution >= 4 is 11.6 Å². The van der Waals surface area contributed by atoms with E-state index in [4.69, 9.17) is 21.1 Å². The zero-order valence-electron chi connectivity index (χ0n) is 11.9. The Morgan fingerprint density at radius 3 is 2.83 bits per heavy atom. The highest BCUT2D eigenvalue weighted by Crippen LogP contribution is 2.35. The van der Waals surface area contributed by atoms with Crippen molar-refractivity contribution in [1.29, 1.82) is 0 Å². The molecule has 23 heavy (non-hydrogen) atoms.